The Morgan fingerprint density at radius 1 is 0.345 bits per heavy atom. The molecule has 0 fully saturated rings. The van der Waals surface area contributed by atoms with Crippen LogP contribution in [0.4, 0.5) is 0 Å². The monoisotopic (exact) mass is 757 g/mol. The molecule has 2 aliphatic heterocycles. The summed E-state index contributed by atoms with van der Waals surface area (Å²) in [5.41, 5.74) is 10.2. The molecule has 0 spiro atoms. The number of ether oxygens (including phenoxy) is 2. The third-order valence-electron chi connectivity index (χ3n) is 11.8. The van der Waals surface area contributed by atoms with Gasteiger partial charge in [0.05, 0.1) is 0 Å². The Kier molecular flexibility index (Phi) is 8.26. The van der Waals surface area contributed by atoms with Crippen LogP contribution in [0.3, 0.4) is 0 Å². The summed E-state index contributed by atoms with van der Waals surface area (Å²) in [6, 6.07) is 77.2. The topological polar surface area (TPSA) is 31.4 Å². The zero-order valence-corrected chi connectivity index (χ0v) is 32.6. The van der Waals surface area contributed by atoms with Crippen LogP contribution in [-0.4, -0.2) is 19.8 Å². The molecular weight excluding hydrogens is 721 g/mol. The molecule has 0 radical (unpaired) electrons. The molecule has 58 heavy (non-hydrogen) atoms. The van der Waals surface area contributed by atoms with Crippen molar-refractivity contribution in [1.82, 2.24) is 4.98 Å². The fourth-order valence-corrected chi connectivity index (χ4v) is 14.0. The van der Waals surface area contributed by atoms with Crippen LogP contribution >= 0.6 is 0 Å². The van der Waals surface area contributed by atoms with Gasteiger partial charge in [-0.3, -0.25) is 0 Å². The molecule has 0 amide bonds. The molecule has 9 aromatic rings. The molecular formula is C53H36BNO2Si. The standard InChI is InChI=1S/C53H36BNO2Si/c1-4-20-43(21-5-1)58(44-22-6-2-7-23-44,45-24-8-3-9-25-45)46-26-14-19-41(35-46)39-17-12-15-37(33-39)38-16-13-18-40(34-38)42-29-30-48-51(36-42)56-50-31-32-55-53-52(50)54(48)47-27-10-11-28-49(47)57-53/h1-36H. The van der Waals surface area contributed by atoms with Gasteiger partial charge in [0, 0.05) is 11.7 Å². The van der Waals surface area contributed by atoms with Crippen LogP contribution < -0.4 is 46.6 Å². The summed E-state index contributed by atoms with van der Waals surface area (Å²) in [5, 5.41) is 5.46. The first-order valence-electron chi connectivity index (χ1n) is 19.8. The molecule has 3 nitrogen and oxygen atoms in total. The lowest BCUT2D eigenvalue weighted by Gasteiger charge is -2.34. The van der Waals surface area contributed by atoms with Gasteiger partial charge in [0.25, 0.3) is 6.71 Å². The number of hydrogen-bond donors (Lipinski definition) is 0. The van der Waals surface area contributed by atoms with Crippen molar-refractivity contribution in [2.45, 2.75) is 0 Å². The van der Waals surface area contributed by atoms with E-state index in [2.05, 4.69) is 199 Å². The van der Waals surface area contributed by atoms with Crippen molar-refractivity contribution in [3.05, 3.63) is 219 Å². The number of pyridine rings is 1. The summed E-state index contributed by atoms with van der Waals surface area (Å²) < 4.78 is 12.8. The van der Waals surface area contributed by atoms with Crippen molar-refractivity contribution in [2.24, 2.45) is 0 Å². The maximum absolute atomic E-state index is 6.58. The largest absolute Gasteiger partial charge is 0.458 e. The molecule has 272 valence electrons. The summed E-state index contributed by atoms with van der Waals surface area (Å²) in [6.07, 6.45) is 1.76. The molecule has 11 rings (SSSR count). The fraction of sp³-hybridized carbons (Fsp3) is 0. The molecule has 0 saturated carbocycles. The van der Waals surface area contributed by atoms with E-state index in [0.717, 1.165) is 50.3 Å². The second kappa shape index (κ2) is 14.1. The second-order valence-electron chi connectivity index (χ2n) is 15.0. The highest BCUT2D eigenvalue weighted by molar-refractivity contribution is 7.19. The zero-order chi connectivity index (χ0) is 38.5. The van der Waals surface area contributed by atoms with Crippen LogP contribution in [0, 0.1) is 0 Å². The van der Waals surface area contributed by atoms with E-state index >= 15 is 0 Å². The minimum Gasteiger partial charge on any atom is -0.458 e. The number of aromatic nitrogens is 1. The third kappa shape index (κ3) is 5.62. The van der Waals surface area contributed by atoms with Gasteiger partial charge >= 0.3 is 0 Å². The third-order valence-corrected chi connectivity index (χ3v) is 16.6. The Morgan fingerprint density at radius 3 is 1.43 bits per heavy atom. The van der Waals surface area contributed by atoms with E-state index in [1.807, 2.05) is 18.2 Å². The molecule has 3 heterocycles. The van der Waals surface area contributed by atoms with E-state index in [-0.39, 0.29) is 6.71 Å². The van der Waals surface area contributed by atoms with E-state index in [9.17, 15) is 0 Å². The van der Waals surface area contributed by atoms with E-state index in [1.165, 1.54) is 37.4 Å². The van der Waals surface area contributed by atoms with Gasteiger partial charge in [0.2, 0.25) is 5.88 Å². The lowest BCUT2D eigenvalue weighted by molar-refractivity contribution is 0.450. The highest BCUT2D eigenvalue weighted by atomic mass is 28.3. The van der Waals surface area contributed by atoms with Crippen LogP contribution in [-0.2, 0) is 0 Å². The molecule has 0 atom stereocenters. The van der Waals surface area contributed by atoms with Gasteiger partial charge in [-0.25, -0.2) is 4.98 Å². The van der Waals surface area contributed by atoms with Crippen molar-refractivity contribution in [1.29, 1.82) is 0 Å². The van der Waals surface area contributed by atoms with E-state index in [4.69, 9.17) is 9.47 Å². The summed E-state index contributed by atoms with van der Waals surface area (Å²) in [7, 11) is -2.66. The maximum atomic E-state index is 6.58. The van der Waals surface area contributed by atoms with Crippen molar-refractivity contribution >= 4 is 51.9 Å². The zero-order valence-electron chi connectivity index (χ0n) is 31.6. The number of nitrogens with zero attached hydrogens (tertiary/aromatic N) is 1. The lowest BCUT2D eigenvalue weighted by atomic mass is 9.35. The summed E-state index contributed by atoms with van der Waals surface area (Å²) in [4.78, 5) is 4.56. The molecule has 0 saturated heterocycles. The van der Waals surface area contributed by atoms with Crippen LogP contribution in [0.15, 0.2) is 219 Å². The Labute approximate surface area is 340 Å². The molecule has 1 aromatic heterocycles. The van der Waals surface area contributed by atoms with Gasteiger partial charge < -0.3 is 9.47 Å². The summed E-state index contributed by atoms with van der Waals surface area (Å²) in [5.74, 6) is 3.10. The Morgan fingerprint density at radius 2 is 0.828 bits per heavy atom. The lowest BCUT2D eigenvalue weighted by Crippen LogP contribution is -2.74. The second-order valence-corrected chi connectivity index (χ2v) is 18.9. The Bertz CT molecular complexity index is 2880. The van der Waals surface area contributed by atoms with Crippen molar-refractivity contribution in [3.63, 3.8) is 0 Å². The van der Waals surface area contributed by atoms with E-state index < -0.39 is 8.07 Å². The van der Waals surface area contributed by atoms with Crippen molar-refractivity contribution in [3.8, 4) is 56.5 Å². The molecule has 0 aliphatic carbocycles. The number of fused-ring (bicyclic) bond motifs is 4. The van der Waals surface area contributed by atoms with Gasteiger partial charge in [-0.05, 0) is 95.4 Å². The normalized spacial score (nSPS) is 12.4. The average molecular weight is 758 g/mol. The predicted molar refractivity (Wildman–Crippen MR) is 242 cm³/mol. The van der Waals surface area contributed by atoms with Gasteiger partial charge in [0.15, 0.2) is 8.07 Å². The fourth-order valence-electron chi connectivity index (χ4n) is 9.18. The minimum absolute atomic E-state index is 0.00469. The average Bonchev–Trinajstić information content (AvgIpc) is 3.30. The molecule has 2 aliphatic rings. The first-order valence-corrected chi connectivity index (χ1v) is 21.8. The first kappa shape index (κ1) is 34.1. The SMILES string of the molecule is c1ccc([Si](c2ccccc2)(c2ccccc2)c2cccc(-c3cccc(-c4cccc(-c5ccc6c(c5)Oc5ccnc7c5B6c5ccccc5O7)c4)c3)c2)cc1. The Balaban J connectivity index is 0.969. The highest BCUT2D eigenvalue weighted by Crippen LogP contribution is 2.36. The van der Waals surface area contributed by atoms with Crippen LogP contribution in [0.5, 0.6) is 23.1 Å². The van der Waals surface area contributed by atoms with Crippen molar-refractivity contribution in [2.75, 3.05) is 0 Å². The van der Waals surface area contributed by atoms with Gasteiger partial charge in [-0.1, -0.05) is 182 Å². The van der Waals surface area contributed by atoms with Gasteiger partial charge in [-0.2, -0.15) is 0 Å². The van der Waals surface area contributed by atoms with Gasteiger partial charge in [0.1, 0.15) is 17.2 Å². The first-order chi connectivity index (χ1) is 28.7. The summed E-state index contributed by atoms with van der Waals surface area (Å²) in [6.45, 7) is -0.00469. The molecule has 0 bridgehead atoms. The number of rotatable bonds is 7. The quantitative estimate of drug-likeness (QED) is 0.122. The molecule has 5 heteroatoms. The Hall–Kier alpha value is -7.21. The van der Waals surface area contributed by atoms with Gasteiger partial charge in [-0.15, -0.1) is 0 Å². The minimum atomic E-state index is -2.66. The van der Waals surface area contributed by atoms with E-state index in [1.54, 1.807) is 6.20 Å². The molecule has 0 N–H and O–H groups in total. The van der Waals surface area contributed by atoms with E-state index in [0.29, 0.717) is 5.88 Å². The maximum Gasteiger partial charge on any atom is 0.262 e. The predicted octanol–water partition coefficient (Wildman–Crippen LogP) is 8.19. The van der Waals surface area contributed by atoms with Crippen molar-refractivity contribution < 1.29 is 9.47 Å². The van der Waals surface area contributed by atoms with Crippen LogP contribution in [0.1, 0.15) is 0 Å². The van der Waals surface area contributed by atoms with Crippen LogP contribution in [0.25, 0.3) is 33.4 Å². The number of hydrogen-bond acceptors (Lipinski definition) is 3. The number of para-hydroxylation sites is 1. The smallest absolute Gasteiger partial charge is 0.262 e. The molecule has 8 aromatic carbocycles. The molecule has 0 unspecified atom stereocenters. The summed E-state index contributed by atoms with van der Waals surface area (Å²) >= 11 is 0. The highest BCUT2D eigenvalue weighted by Gasteiger charge is 2.42. The number of benzene rings is 8. The van der Waals surface area contributed by atoms with Crippen LogP contribution in [0.2, 0.25) is 0 Å².